The fourth-order valence-corrected chi connectivity index (χ4v) is 2.96. The predicted octanol–water partition coefficient (Wildman–Crippen LogP) is 4.71. The van der Waals surface area contributed by atoms with Gasteiger partial charge in [0.25, 0.3) is 0 Å². The van der Waals surface area contributed by atoms with Crippen molar-refractivity contribution in [3.63, 3.8) is 0 Å². The molecule has 1 nitrogen and oxygen atoms in total. The summed E-state index contributed by atoms with van der Waals surface area (Å²) in [7, 11) is 1.96. The molecule has 0 bridgehead atoms. The summed E-state index contributed by atoms with van der Waals surface area (Å²) < 4.78 is 14.3. The largest absolute Gasteiger partial charge is 0.313 e. The average molecular weight is 336 g/mol. The zero-order valence-corrected chi connectivity index (χ0v) is 13.6. The van der Waals surface area contributed by atoms with Crippen LogP contribution in [0.25, 0.3) is 0 Å². The van der Waals surface area contributed by atoms with Gasteiger partial charge in [-0.3, -0.25) is 0 Å². The lowest BCUT2D eigenvalue weighted by Crippen LogP contribution is -2.20. The van der Waals surface area contributed by atoms with Crippen LogP contribution < -0.4 is 5.32 Å². The third-order valence-electron chi connectivity index (χ3n) is 3.67. The van der Waals surface area contributed by atoms with Crippen molar-refractivity contribution in [1.82, 2.24) is 5.32 Å². The van der Waals surface area contributed by atoms with E-state index < -0.39 is 0 Å². The molecule has 0 saturated carbocycles. The normalized spacial score (nSPS) is 12.4. The van der Waals surface area contributed by atoms with Gasteiger partial charge in [-0.05, 0) is 61.7 Å². The number of halogens is 2. The summed E-state index contributed by atoms with van der Waals surface area (Å²) in [5.74, 6) is -0.177. The molecule has 0 spiro atoms. The van der Waals surface area contributed by atoms with Gasteiger partial charge in [0, 0.05) is 10.5 Å². The second-order valence-electron chi connectivity index (χ2n) is 5.09. The Labute approximate surface area is 128 Å². The molecule has 0 radical (unpaired) electrons. The van der Waals surface area contributed by atoms with Crippen LogP contribution in [0.2, 0.25) is 0 Å². The molecule has 0 fully saturated rings. The van der Waals surface area contributed by atoms with Gasteiger partial charge in [0.1, 0.15) is 5.82 Å². The van der Waals surface area contributed by atoms with Crippen LogP contribution in [0.3, 0.4) is 0 Å². The van der Waals surface area contributed by atoms with Gasteiger partial charge >= 0.3 is 0 Å². The summed E-state index contributed by atoms with van der Waals surface area (Å²) in [4.78, 5) is 0. The van der Waals surface area contributed by atoms with Gasteiger partial charge in [-0.15, -0.1) is 0 Å². The fraction of sp³-hybridized carbons (Fsp3) is 0.294. The van der Waals surface area contributed by atoms with E-state index in [-0.39, 0.29) is 11.9 Å². The molecule has 0 saturated heterocycles. The van der Waals surface area contributed by atoms with Crippen LogP contribution >= 0.6 is 15.9 Å². The number of aryl methyl sites for hydroxylation is 2. The lowest BCUT2D eigenvalue weighted by Gasteiger charge is -2.20. The Kier molecular flexibility index (Phi) is 4.95. The van der Waals surface area contributed by atoms with Crippen LogP contribution in [0.4, 0.5) is 4.39 Å². The van der Waals surface area contributed by atoms with Crippen molar-refractivity contribution in [3.8, 4) is 0 Å². The second kappa shape index (κ2) is 6.51. The molecule has 20 heavy (non-hydrogen) atoms. The molecule has 2 aromatic rings. The molecule has 2 rings (SSSR count). The lowest BCUT2D eigenvalue weighted by atomic mass is 9.95. The molecular weight excluding hydrogens is 317 g/mol. The first-order chi connectivity index (χ1) is 9.52. The third kappa shape index (κ3) is 3.28. The molecule has 0 amide bonds. The third-order valence-corrected chi connectivity index (χ3v) is 4.76. The number of benzene rings is 2. The second-order valence-corrected chi connectivity index (χ2v) is 5.89. The van der Waals surface area contributed by atoms with Crippen LogP contribution in [0, 0.1) is 19.7 Å². The van der Waals surface area contributed by atoms with E-state index in [1.165, 1.54) is 22.8 Å². The minimum atomic E-state index is -0.177. The van der Waals surface area contributed by atoms with Crippen molar-refractivity contribution in [2.45, 2.75) is 26.3 Å². The van der Waals surface area contributed by atoms with Crippen LogP contribution in [-0.4, -0.2) is 7.05 Å². The van der Waals surface area contributed by atoms with E-state index in [0.717, 1.165) is 16.5 Å². The molecule has 1 N–H and O–H groups in total. The van der Waals surface area contributed by atoms with Crippen molar-refractivity contribution in [2.24, 2.45) is 0 Å². The van der Waals surface area contributed by atoms with Crippen molar-refractivity contribution in [1.29, 1.82) is 0 Å². The highest BCUT2D eigenvalue weighted by atomic mass is 79.9. The van der Waals surface area contributed by atoms with Crippen molar-refractivity contribution < 1.29 is 4.39 Å². The molecule has 0 aliphatic rings. The smallest absolute Gasteiger partial charge is 0.123 e. The Morgan fingerprint density at radius 2 is 1.90 bits per heavy atom. The number of rotatable bonds is 4. The van der Waals surface area contributed by atoms with E-state index in [2.05, 4.69) is 46.4 Å². The molecule has 0 heterocycles. The highest BCUT2D eigenvalue weighted by Gasteiger charge is 2.15. The van der Waals surface area contributed by atoms with Crippen LogP contribution in [-0.2, 0) is 6.42 Å². The molecule has 1 unspecified atom stereocenters. The lowest BCUT2D eigenvalue weighted by molar-refractivity contribution is 0.584. The Bertz CT molecular complexity index is 610. The van der Waals surface area contributed by atoms with Crippen molar-refractivity contribution in [3.05, 3.63) is 68.9 Å². The highest BCUT2D eigenvalue weighted by Crippen LogP contribution is 2.29. The fourth-order valence-electron chi connectivity index (χ4n) is 2.41. The maximum Gasteiger partial charge on any atom is 0.123 e. The molecule has 1 atom stereocenters. The van der Waals surface area contributed by atoms with E-state index in [0.29, 0.717) is 0 Å². The predicted molar refractivity (Wildman–Crippen MR) is 85.5 cm³/mol. The van der Waals surface area contributed by atoms with Crippen LogP contribution in [0.1, 0.15) is 28.3 Å². The Balaban J connectivity index is 2.31. The Hall–Kier alpha value is -1.19. The minimum Gasteiger partial charge on any atom is -0.313 e. The van der Waals surface area contributed by atoms with Gasteiger partial charge < -0.3 is 5.32 Å². The van der Waals surface area contributed by atoms with Crippen molar-refractivity contribution in [2.75, 3.05) is 7.05 Å². The summed E-state index contributed by atoms with van der Waals surface area (Å²) in [6.07, 6.45) is 0.838. The molecule has 2 aromatic carbocycles. The van der Waals surface area contributed by atoms with Crippen LogP contribution in [0.15, 0.2) is 40.9 Å². The maximum absolute atomic E-state index is 13.2. The van der Waals surface area contributed by atoms with E-state index in [1.807, 2.05) is 20.0 Å². The maximum atomic E-state index is 13.2. The summed E-state index contributed by atoms with van der Waals surface area (Å²) in [5.41, 5.74) is 4.61. The van der Waals surface area contributed by atoms with Gasteiger partial charge in [0.2, 0.25) is 0 Å². The van der Waals surface area contributed by atoms with Gasteiger partial charge in [0.15, 0.2) is 0 Å². The van der Waals surface area contributed by atoms with E-state index in [4.69, 9.17) is 0 Å². The number of hydrogen-bond donors (Lipinski definition) is 1. The van der Waals surface area contributed by atoms with E-state index >= 15 is 0 Å². The van der Waals surface area contributed by atoms with Gasteiger partial charge in [-0.25, -0.2) is 4.39 Å². The topological polar surface area (TPSA) is 12.0 Å². The summed E-state index contributed by atoms with van der Waals surface area (Å²) in [6.45, 7) is 4.04. The molecule has 0 aromatic heterocycles. The van der Waals surface area contributed by atoms with Crippen LogP contribution in [0.5, 0.6) is 0 Å². The number of likely N-dealkylation sites (N-methyl/N-ethyl adjacent to an activating group) is 1. The Morgan fingerprint density at radius 1 is 1.15 bits per heavy atom. The van der Waals surface area contributed by atoms with Gasteiger partial charge in [-0.1, -0.05) is 40.2 Å². The zero-order chi connectivity index (χ0) is 14.7. The summed E-state index contributed by atoms with van der Waals surface area (Å²) in [6, 6.07) is 11.5. The standard InChI is InChI=1S/C17H19BrFN/c1-11-5-4-6-15(17(11)18)16(20-3)10-13-7-8-14(19)9-12(13)2/h4-9,16,20H,10H2,1-3H3. The first kappa shape index (κ1) is 15.2. The number of hydrogen-bond acceptors (Lipinski definition) is 1. The van der Waals surface area contributed by atoms with Gasteiger partial charge in [0.05, 0.1) is 0 Å². The molecular formula is C17H19BrFN. The monoisotopic (exact) mass is 335 g/mol. The summed E-state index contributed by atoms with van der Waals surface area (Å²) in [5, 5.41) is 3.35. The highest BCUT2D eigenvalue weighted by molar-refractivity contribution is 9.10. The summed E-state index contributed by atoms with van der Waals surface area (Å²) >= 11 is 3.67. The first-order valence-corrected chi connectivity index (χ1v) is 7.49. The molecule has 0 aliphatic carbocycles. The molecule has 106 valence electrons. The quantitative estimate of drug-likeness (QED) is 0.853. The van der Waals surface area contributed by atoms with E-state index in [9.17, 15) is 4.39 Å². The van der Waals surface area contributed by atoms with E-state index in [1.54, 1.807) is 6.07 Å². The van der Waals surface area contributed by atoms with Gasteiger partial charge in [-0.2, -0.15) is 0 Å². The SMILES string of the molecule is CNC(Cc1ccc(F)cc1C)c1cccc(C)c1Br. The Morgan fingerprint density at radius 3 is 2.55 bits per heavy atom. The first-order valence-electron chi connectivity index (χ1n) is 6.70. The molecule has 0 aliphatic heterocycles. The minimum absolute atomic E-state index is 0.177. The number of nitrogens with one attached hydrogen (secondary N) is 1. The zero-order valence-electron chi connectivity index (χ0n) is 12.0. The van der Waals surface area contributed by atoms with Crippen molar-refractivity contribution >= 4 is 15.9 Å². The average Bonchev–Trinajstić information content (AvgIpc) is 2.42. The molecule has 3 heteroatoms.